The molecule has 0 saturated carbocycles. The van der Waals surface area contributed by atoms with E-state index in [4.69, 9.17) is 0 Å². The molecule has 0 bridgehead atoms. The van der Waals surface area contributed by atoms with Gasteiger partial charge in [-0.3, -0.25) is 4.57 Å². The molecule has 7 heteroatoms. The number of rotatable bonds is 1. The summed E-state index contributed by atoms with van der Waals surface area (Å²) in [6.07, 6.45) is -3.32. The molecular weight excluding hydrogens is 312 g/mol. The summed E-state index contributed by atoms with van der Waals surface area (Å²) in [5.41, 5.74) is -0.947. The number of nitrogens with one attached hydrogen (secondary N) is 1. The standard InChI is InChI=1S/C16H10F4N2O/c17-13-6-5-11(9-12(13)16(18,19)20)21-15(23)22-8-7-10-3-1-2-4-14(10)22/h1-9H,(H,21,23). The first kappa shape index (κ1) is 15.1. The Morgan fingerprint density at radius 2 is 1.78 bits per heavy atom. The zero-order valence-electron chi connectivity index (χ0n) is 11.6. The molecule has 0 aliphatic rings. The van der Waals surface area contributed by atoms with E-state index in [-0.39, 0.29) is 5.69 Å². The first-order valence-corrected chi connectivity index (χ1v) is 6.60. The molecule has 0 saturated heterocycles. The second-order valence-corrected chi connectivity index (χ2v) is 4.87. The van der Waals surface area contributed by atoms with Crippen molar-refractivity contribution in [1.29, 1.82) is 0 Å². The fourth-order valence-corrected chi connectivity index (χ4v) is 2.26. The van der Waals surface area contributed by atoms with Crippen molar-refractivity contribution in [3.63, 3.8) is 0 Å². The van der Waals surface area contributed by atoms with Gasteiger partial charge in [-0.15, -0.1) is 0 Å². The van der Waals surface area contributed by atoms with E-state index in [9.17, 15) is 22.4 Å². The SMILES string of the molecule is O=C(Nc1ccc(F)c(C(F)(F)F)c1)n1ccc2ccccc21. The molecule has 1 heterocycles. The predicted molar refractivity (Wildman–Crippen MR) is 77.8 cm³/mol. The van der Waals surface area contributed by atoms with E-state index in [0.717, 1.165) is 11.5 Å². The minimum Gasteiger partial charge on any atom is -0.307 e. The Balaban J connectivity index is 1.92. The second-order valence-electron chi connectivity index (χ2n) is 4.87. The molecular formula is C16H10F4N2O. The molecule has 1 amide bonds. The summed E-state index contributed by atoms with van der Waals surface area (Å²) in [4.78, 5) is 12.2. The molecule has 23 heavy (non-hydrogen) atoms. The Kier molecular flexibility index (Phi) is 3.55. The topological polar surface area (TPSA) is 34.0 Å². The summed E-state index contributed by atoms with van der Waals surface area (Å²) in [5.74, 6) is -1.39. The van der Waals surface area contributed by atoms with E-state index in [0.29, 0.717) is 17.6 Å². The van der Waals surface area contributed by atoms with Gasteiger partial charge < -0.3 is 5.32 Å². The maximum Gasteiger partial charge on any atom is 0.419 e. The van der Waals surface area contributed by atoms with Gasteiger partial charge in [0, 0.05) is 17.3 Å². The molecule has 3 aromatic rings. The second kappa shape index (κ2) is 5.42. The van der Waals surface area contributed by atoms with E-state index >= 15 is 0 Å². The number of carbonyl (C=O) groups is 1. The lowest BCUT2D eigenvalue weighted by atomic mass is 10.2. The van der Waals surface area contributed by atoms with Crippen LogP contribution in [0, 0.1) is 5.82 Å². The first-order valence-electron chi connectivity index (χ1n) is 6.60. The highest BCUT2D eigenvalue weighted by molar-refractivity contribution is 5.98. The van der Waals surface area contributed by atoms with Gasteiger partial charge in [0.05, 0.1) is 11.1 Å². The number of halogens is 4. The molecule has 0 radical (unpaired) electrons. The maximum atomic E-state index is 13.2. The highest BCUT2D eigenvalue weighted by Gasteiger charge is 2.34. The number of anilines is 1. The summed E-state index contributed by atoms with van der Waals surface area (Å²) in [7, 11) is 0. The van der Waals surface area contributed by atoms with E-state index in [1.165, 1.54) is 10.8 Å². The molecule has 0 aliphatic carbocycles. The number of carbonyl (C=O) groups excluding carboxylic acids is 1. The molecule has 0 atom stereocenters. The summed E-state index contributed by atoms with van der Waals surface area (Å²) < 4.78 is 52.6. The average molecular weight is 322 g/mol. The van der Waals surface area contributed by atoms with E-state index in [1.807, 2.05) is 0 Å². The highest BCUT2D eigenvalue weighted by Crippen LogP contribution is 2.33. The monoisotopic (exact) mass is 322 g/mol. The van der Waals surface area contributed by atoms with E-state index in [2.05, 4.69) is 5.32 Å². The van der Waals surface area contributed by atoms with Crippen molar-refractivity contribution in [3.05, 3.63) is 66.1 Å². The lowest BCUT2D eigenvalue weighted by Gasteiger charge is -2.11. The van der Waals surface area contributed by atoms with Crippen molar-refractivity contribution in [1.82, 2.24) is 4.57 Å². The quantitative estimate of drug-likeness (QED) is 0.637. The van der Waals surface area contributed by atoms with E-state index < -0.39 is 23.6 Å². The largest absolute Gasteiger partial charge is 0.419 e. The molecule has 0 aliphatic heterocycles. The number of aromatic nitrogens is 1. The molecule has 1 aromatic heterocycles. The van der Waals surface area contributed by atoms with Gasteiger partial charge in [0.2, 0.25) is 0 Å². The Hall–Kier alpha value is -2.83. The molecule has 0 fully saturated rings. The van der Waals surface area contributed by atoms with Crippen LogP contribution in [0.2, 0.25) is 0 Å². The Labute approximate surface area is 128 Å². The van der Waals surface area contributed by atoms with Crippen LogP contribution in [0.25, 0.3) is 10.9 Å². The van der Waals surface area contributed by atoms with Crippen LogP contribution in [-0.4, -0.2) is 10.6 Å². The zero-order valence-corrected chi connectivity index (χ0v) is 11.6. The fraction of sp³-hybridized carbons (Fsp3) is 0.0625. The van der Waals surface area contributed by atoms with Crippen molar-refractivity contribution in [2.24, 2.45) is 0 Å². The van der Waals surface area contributed by atoms with Crippen LogP contribution in [0.5, 0.6) is 0 Å². The summed E-state index contributed by atoms with van der Waals surface area (Å²) in [5, 5.41) is 3.15. The molecule has 2 aromatic carbocycles. The van der Waals surface area contributed by atoms with Gasteiger partial charge in [0.25, 0.3) is 0 Å². The highest BCUT2D eigenvalue weighted by atomic mass is 19.4. The van der Waals surface area contributed by atoms with Crippen LogP contribution in [0.4, 0.5) is 28.0 Å². The predicted octanol–water partition coefficient (Wildman–Crippen LogP) is 4.88. The van der Waals surface area contributed by atoms with Crippen molar-refractivity contribution < 1.29 is 22.4 Å². The Morgan fingerprint density at radius 3 is 2.52 bits per heavy atom. The first-order chi connectivity index (χ1) is 10.9. The molecule has 1 N–H and O–H groups in total. The molecule has 3 nitrogen and oxygen atoms in total. The van der Waals surface area contributed by atoms with Crippen LogP contribution in [0.3, 0.4) is 0 Å². The lowest BCUT2D eigenvalue weighted by molar-refractivity contribution is -0.139. The van der Waals surface area contributed by atoms with Gasteiger partial charge in [-0.2, -0.15) is 13.2 Å². The van der Waals surface area contributed by atoms with Crippen molar-refractivity contribution in [3.8, 4) is 0 Å². The van der Waals surface area contributed by atoms with Gasteiger partial charge in [-0.25, -0.2) is 9.18 Å². The van der Waals surface area contributed by atoms with Gasteiger partial charge in [-0.1, -0.05) is 18.2 Å². The van der Waals surface area contributed by atoms with Gasteiger partial charge in [0.15, 0.2) is 0 Å². The van der Waals surface area contributed by atoms with Gasteiger partial charge in [-0.05, 0) is 30.3 Å². The van der Waals surface area contributed by atoms with Crippen LogP contribution < -0.4 is 5.32 Å². The minimum atomic E-state index is -4.83. The lowest BCUT2D eigenvalue weighted by Crippen LogP contribution is -2.19. The average Bonchev–Trinajstić information content (AvgIpc) is 2.92. The van der Waals surface area contributed by atoms with Crippen molar-refractivity contribution >= 4 is 22.6 Å². The van der Waals surface area contributed by atoms with Crippen LogP contribution in [0.1, 0.15) is 5.56 Å². The third-order valence-corrected chi connectivity index (χ3v) is 3.34. The number of fused-ring (bicyclic) bond motifs is 1. The summed E-state index contributed by atoms with van der Waals surface area (Å²) >= 11 is 0. The summed E-state index contributed by atoms with van der Waals surface area (Å²) in [6.45, 7) is 0. The van der Waals surface area contributed by atoms with E-state index in [1.54, 1.807) is 30.3 Å². The Morgan fingerprint density at radius 1 is 1.04 bits per heavy atom. The third-order valence-electron chi connectivity index (χ3n) is 3.34. The molecule has 118 valence electrons. The number of nitrogens with zero attached hydrogens (tertiary/aromatic N) is 1. The smallest absolute Gasteiger partial charge is 0.307 e. The number of hydrogen-bond donors (Lipinski definition) is 1. The van der Waals surface area contributed by atoms with Crippen LogP contribution in [-0.2, 0) is 6.18 Å². The summed E-state index contributed by atoms with van der Waals surface area (Å²) in [6, 6.07) is 10.5. The third kappa shape index (κ3) is 2.90. The van der Waals surface area contributed by atoms with Crippen LogP contribution >= 0.6 is 0 Å². The van der Waals surface area contributed by atoms with Crippen LogP contribution in [0.15, 0.2) is 54.7 Å². The van der Waals surface area contributed by atoms with Gasteiger partial charge in [0.1, 0.15) is 5.82 Å². The van der Waals surface area contributed by atoms with Crippen molar-refractivity contribution in [2.45, 2.75) is 6.18 Å². The number of para-hydroxylation sites is 1. The fourth-order valence-electron chi connectivity index (χ4n) is 2.26. The normalized spacial score (nSPS) is 11.7. The molecule has 3 rings (SSSR count). The Bertz CT molecular complexity index is 883. The number of benzene rings is 2. The number of alkyl halides is 3. The van der Waals surface area contributed by atoms with Gasteiger partial charge >= 0.3 is 12.2 Å². The zero-order chi connectivity index (χ0) is 16.6. The molecule has 0 unspecified atom stereocenters. The number of hydrogen-bond acceptors (Lipinski definition) is 1. The van der Waals surface area contributed by atoms with Crippen molar-refractivity contribution in [2.75, 3.05) is 5.32 Å². The molecule has 0 spiro atoms. The minimum absolute atomic E-state index is 0.137. The maximum absolute atomic E-state index is 13.2. The number of amides is 1.